The van der Waals surface area contributed by atoms with Crippen molar-refractivity contribution >= 4 is 42.6 Å². The summed E-state index contributed by atoms with van der Waals surface area (Å²) >= 11 is 4.04. The minimum atomic E-state index is -0.693. The van der Waals surface area contributed by atoms with E-state index in [-0.39, 0.29) is 13.0 Å². The van der Waals surface area contributed by atoms with Gasteiger partial charge in [0.1, 0.15) is 0 Å². The molecule has 0 saturated heterocycles. The molecule has 1 heterocycles. The highest BCUT2D eigenvalue weighted by Crippen LogP contribution is 2.19. The molecule has 0 bridgehead atoms. The van der Waals surface area contributed by atoms with E-state index in [2.05, 4.69) is 27.0 Å². The Morgan fingerprint density at radius 3 is 2.63 bits per heavy atom. The summed E-state index contributed by atoms with van der Waals surface area (Å²) in [7, 11) is 0. The lowest BCUT2D eigenvalue weighted by molar-refractivity contribution is -0.432. The van der Waals surface area contributed by atoms with Gasteiger partial charge in [0.2, 0.25) is 0 Å². The van der Waals surface area contributed by atoms with E-state index in [1.54, 1.807) is 0 Å². The van der Waals surface area contributed by atoms with Crippen molar-refractivity contribution < 1.29 is 33.9 Å². The molecule has 11 heteroatoms. The van der Waals surface area contributed by atoms with E-state index >= 15 is 0 Å². The van der Waals surface area contributed by atoms with Crippen LogP contribution in [-0.2, 0) is 28.6 Å². The second-order valence-electron chi connectivity index (χ2n) is 3.25. The molecule has 0 aromatic carbocycles. The topological polar surface area (TPSA) is 114 Å². The minimum absolute atomic E-state index is 0.111. The largest absolute Gasteiger partial charge is 0.360 e. The van der Waals surface area contributed by atoms with Crippen LogP contribution >= 0.6 is 24.9 Å². The van der Waals surface area contributed by atoms with Gasteiger partial charge in [-0.05, 0) is 0 Å². The summed E-state index contributed by atoms with van der Waals surface area (Å²) in [5.41, 5.74) is 0. The zero-order valence-corrected chi connectivity index (χ0v) is 11.1. The number of hydrogen-bond donors (Lipinski definition) is 3. The molecule has 0 spiro atoms. The van der Waals surface area contributed by atoms with Crippen molar-refractivity contribution in [2.45, 2.75) is 11.7 Å². The third-order valence-electron chi connectivity index (χ3n) is 2.05. The van der Waals surface area contributed by atoms with Gasteiger partial charge in [-0.1, -0.05) is 22.7 Å². The van der Waals surface area contributed by atoms with Crippen LogP contribution in [0.25, 0.3) is 0 Å². The van der Waals surface area contributed by atoms with Crippen LogP contribution in [0.2, 0.25) is 0 Å². The second-order valence-corrected chi connectivity index (χ2v) is 4.43. The summed E-state index contributed by atoms with van der Waals surface area (Å²) in [6, 6.07) is 0. The smallest absolute Gasteiger partial charge is 0.327 e. The molecule has 1 unspecified atom stereocenters. The maximum Gasteiger partial charge on any atom is 0.327 e. The van der Waals surface area contributed by atoms with E-state index in [0.29, 0.717) is 12.0 Å². The van der Waals surface area contributed by atoms with Crippen LogP contribution in [-0.4, -0.2) is 39.7 Å². The quantitative estimate of drug-likeness (QED) is 0.182. The van der Waals surface area contributed by atoms with Gasteiger partial charge in [0.25, 0.3) is 11.8 Å². The van der Waals surface area contributed by atoms with Crippen molar-refractivity contribution in [1.29, 1.82) is 0 Å². The summed E-state index contributed by atoms with van der Waals surface area (Å²) in [5.74, 6) is -1.69. The average Bonchev–Trinajstić information content (AvgIpc) is 2.68. The van der Waals surface area contributed by atoms with E-state index in [1.807, 2.05) is 4.89 Å². The lowest BCUT2D eigenvalue weighted by Gasteiger charge is -2.19. The molecule has 9 nitrogen and oxygen atoms in total. The summed E-state index contributed by atoms with van der Waals surface area (Å²) < 4.78 is 4.21. The van der Waals surface area contributed by atoms with Crippen LogP contribution in [0.3, 0.4) is 0 Å². The zero-order valence-electron chi connectivity index (χ0n) is 9.35. The molecule has 1 rings (SSSR count). The monoisotopic (exact) mass is 310 g/mol. The van der Waals surface area contributed by atoms with Crippen molar-refractivity contribution in [3.8, 4) is 0 Å². The number of hydrogen-bond acceptors (Lipinski definition) is 10. The predicted molar refractivity (Wildman–Crippen MR) is 64.9 cm³/mol. The Balaban J connectivity index is 2.56. The molecule has 2 N–H and O–H groups in total. The Morgan fingerprint density at radius 1 is 1.47 bits per heavy atom. The predicted octanol–water partition coefficient (Wildman–Crippen LogP) is -0.368. The standard InChI is InChI=1S/C8H10N2O7S2/c11-6-1-2-7(12)10(6)4-5(19-17-16-14)3-8(13)15-9-18/h1-2,5,9,14,18H,3-4H2. The molecular formula is C8H10N2O7S2. The van der Waals surface area contributed by atoms with Crippen molar-refractivity contribution in [1.82, 2.24) is 9.79 Å². The molecule has 0 fully saturated rings. The van der Waals surface area contributed by atoms with Gasteiger partial charge < -0.3 is 4.84 Å². The summed E-state index contributed by atoms with van der Waals surface area (Å²) in [6.07, 6.45) is 2.01. The molecule has 19 heavy (non-hydrogen) atoms. The lowest BCUT2D eigenvalue weighted by atomic mass is 10.3. The number of thiol groups is 1. The molecule has 0 aromatic rings. The first kappa shape index (κ1) is 15.9. The number of amides is 2. The number of carbonyl (C=O) groups is 3. The highest BCUT2D eigenvalue weighted by molar-refractivity contribution is 7.95. The Bertz CT molecular complexity index is 371. The van der Waals surface area contributed by atoms with Gasteiger partial charge in [-0.25, -0.2) is 5.26 Å². The molecule has 0 radical (unpaired) electrons. The van der Waals surface area contributed by atoms with Crippen LogP contribution in [0.15, 0.2) is 12.2 Å². The maximum atomic E-state index is 11.4. The van der Waals surface area contributed by atoms with Gasteiger partial charge in [-0.2, -0.15) is 0 Å². The van der Waals surface area contributed by atoms with E-state index in [9.17, 15) is 14.4 Å². The first-order chi connectivity index (χ1) is 9.08. The Labute approximate surface area is 117 Å². The van der Waals surface area contributed by atoms with Gasteiger partial charge in [0, 0.05) is 30.7 Å². The van der Waals surface area contributed by atoms with E-state index in [4.69, 9.17) is 5.26 Å². The van der Waals surface area contributed by atoms with Gasteiger partial charge in [-0.3, -0.25) is 19.3 Å². The van der Waals surface area contributed by atoms with Crippen LogP contribution in [0.1, 0.15) is 6.42 Å². The maximum absolute atomic E-state index is 11.4. The van der Waals surface area contributed by atoms with Crippen molar-refractivity contribution in [3.05, 3.63) is 12.2 Å². The number of carbonyl (C=O) groups excluding carboxylic acids is 3. The Morgan fingerprint density at radius 2 is 2.11 bits per heavy atom. The summed E-state index contributed by atoms with van der Waals surface area (Å²) in [6.45, 7) is -0.111. The molecule has 0 aromatic heterocycles. The van der Waals surface area contributed by atoms with Crippen LogP contribution < -0.4 is 4.89 Å². The molecule has 0 aliphatic carbocycles. The highest BCUT2D eigenvalue weighted by atomic mass is 32.2. The summed E-state index contributed by atoms with van der Waals surface area (Å²) in [5, 5.41) is 10.8. The number of imide groups is 1. The lowest BCUT2D eigenvalue weighted by Crippen LogP contribution is -2.37. The van der Waals surface area contributed by atoms with Gasteiger partial charge >= 0.3 is 5.97 Å². The van der Waals surface area contributed by atoms with Crippen LogP contribution in [0.5, 0.6) is 0 Å². The van der Waals surface area contributed by atoms with Crippen LogP contribution in [0, 0.1) is 0 Å². The normalized spacial score (nSPS) is 16.0. The third kappa shape index (κ3) is 5.18. The molecule has 1 aliphatic heterocycles. The SMILES string of the molecule is O=C(CC(CN1C(=O)C=CC1=O)SOOO)ONS. The number of nitrogens with zero attached hydrogens (tertiary/aromatic N) is 1. The Hall–Kier alpha value is -1.11. The molecule has 0 saturated carbocycles. The Kier molecular flexibility index (Phi) is 6.83. The fourth-order valence-corrected chi connectivity index (χ4v) is 1.96. The molecular weight excluding hydrogens is 300 g/mol. The molecule has 1 atom stereocenters. The minimum Gasteiger partial charge on any atom is -0.360 e. The molecule has 1 aliphatic rings. The van der Waals surface area contributed by atoms with Crippen LogP contribution in [0.4, 0.5) is 0 Å². The van der Waals surface area contributed by atoms with Crippen molar-refractivity contribution in [2.24, 2.45) is 0 Å². The zero-order chi connectivity index (χ0) is 14.3. The second kappa shape index (κ2) is 8.14. The van der Waals surface area contributed by atoms with Gasteiger partial charge in [-0.15, -0.1) is 4.33 Å². The van der Waals surface area contributed by atoms with Crippen molar-refractivity contribution in [3.63, 3.8) is 0 Å². The molecule has 106 valence electrons. The average molecular weight is 310 g/mol. The highest BCUT2D eigenvalue weighted by Gasteiger charge is 2.29. The fourth-order valence-electron chi connectivity index (χ4n) is 1.30. The number of rotatable bonds is 8. The van der Waals surface area contributed by atoms with E-state index in [0.717, 1.165) is 17.1 Å². The first-order valence-corrected chi connectivity index (χ1v) is 6.09. The number of nitrogens with one attached hydrogen (secondary N) is 1. The van der Waals surface area contributed by atoms with E-state index < -0.39 is 23.0 Å². The van der Waals surface area contributed by atoms with E-state index in [1.165, 1.54) is 0 Å². The van der Waals surface area contributed by atoms with Crippen molar-refractivity contribution in [2.75, 3.05) is 6.54 Å². The summed E-state index contributed by atoms with van der Waals surface area (Å²) in [4.78, 5) is 41.1. The fraction of sp³-hybridized carbons (Fsp3) is 0.375. The molecule has 2 amide bonds. The van der Waals surface area contributed by atoms with Gasteiger partial charge in [0.05, 0.1) is 11.7 Å². The first-order valence-electron chi connectivity index (χ1n) is 4.84. The third-order valence-corrected chi connectivity index (χ3v) is 2.86. The van der Waals surface area contributed by atoms with Gasteiger partial charge in [0.15, 0.2) is 0 Å².